The van der Waals surface area contributed by atoms with Gasteiger partial charge in [0, 0.05) is 24.1 Å². The summed E-state index contributed by atoms with van der Waals surface area (Å²) in [6.45, 7) is 5.29. The molecule has 116 valence electrons. The number of fused-ring (bicyclic) bond motifs is 1. The standard InChI is InChI=1S/C17H19NO4/c1-11(2)17(21)22-7-3-4-14(19)9-12-5-6-15-13(8-12)10-16(20)18-15/h5-6,8H,1,3-4,7,9-10H2,2H3,(H,18,20). The molecule has 1 aromatic carbocycles. The van der Waals surface area contributed by atoms with Gasteiger partial charge in [0.25, 0.3) is 0 Å². The highest BCUT2D eigenvalue weighted by molar-refractivity contribution is 5.99. The van der Waals surface area contributed by atoms with Gasteiger partial charge in [-0.2, -0.15) is 0 Å². The predicted molar refractivity (Wildman–Crippen MR) is 82.5 cm³/mol. The summed E-state index contributed by atoms with van der Waals surface area (Å²) in [5, 5.41) is 2.76. The van der Waals surface area contributed by atoms with E-state index in [1.54, 1.807) is 6.92 Å². The number of hydrogen-bond donors (Lipinski definition) is 1. The molecule has 0 saturated heterocycles. The molecule has 1 aliphatic heterocycles. The lowest BCUT2D eigenvalue weighted by Crippen LogP contribution is -2.09. The van der Waals surface area contributed by atoms with Crippen LogP contribution in [0.15, 0.2) is 30.4 Å². The van der Waals surface area contributed by atoms with E-state index in [4.69, 9.17) is 4.74 Å². The van der Waals surface area contributed by atoms with E-state index in [9.17, 15) is 14.4 Å². The average molecular weight is 301 g/mol. The molecule has 0 bridgehead atoms. The maximum atomic E-state index is 11.9. The summed E-state index contributed by atoms with van der Waals surface area (Å²) in [6, 6.07) is 5.58. The van der Waals surface area contributed by atoms with Gasteiger partial charge in [0.2, 0.25) is 5.91 Å². The molecule has 5 heteroatoms. The zero-order chi connectivity index (χ0) is 16.1. The van der Waals surface area contributed by atoms with E-state index in [0.29, 0.717) is 31.3 Å². The fourth-order valence-electron chi connectivity index (χ4n) is 2.27. The molecule has 5 nitrogen and oxygen atoms in total. The van der Waals surface area contributed by atoms with Gasteiger partial charge in [0.1, 0.15) is 5.78 Å². The molecule has 1 amide bonds. The summed E-state index contributed by atoms with van der Waals surface area (Å²) in [4.78, 5) is 34.4. The maximum absolute atomic E-state index is 11.9. The van der Waals surface area contributed by atoms with E-state index in [1.165, 1.54) is 0 Å². The molecule has 22 heavy (non-hydrogen) atoms. The number of hydrogen-bond acceptors (Lipinski definition) is 4. The van der Waals surface area contributed by atoms with Gasteiger partial charge in [0.15, 0.2) is 0 Å². The van der Waals surface area contributed by atoms with Gasteiger partial charge >= 0.3 is 5.97 Å². The zero-order valence-electron chi connectivity index (χ0n) is 12.6. The van der Waals surface area contributed by atoms with Crippen molar-refractivity contribution >= 4 is 23.3 Å². The first-order chi connectivity index (χ1) is 10.5. The molecule has 0 fully saturated rings. The highest BCUT2D eigenvalue weighted by atomic mass is 16.5. The molecule has 1 aliphatic rings. The molecule has 2 rings (SSSR count). The van der Waals surface area contributed by atoms with Crippen molar-refractivity contribution in [2.45, 2.75) is 32.6 Å². The number of rotatable bonds is 7. The molecule has 1 aromatic rings. The molecule has 0 aromatic heterocycles. The Balaban J connectivity index is 1.76. The van der Waals surface area contributed by atoms with Gasteiger partial charge in [0.05, 0.1) is 13.0 Å². The lowest BCUT2D eigenvalue weighted by Gasteiger charge is -2.05. The third-order valence-electron chi connectivity index (χ3n) is 3.38. The van der Waals surface area contributed by atoms with E-state index >= 15 is 0 Å². The lowest BCUT2D eigenvalue weighted by molar-refractivity contribution is -0.139. The average Bonchev–Trinajstić information content (AvgIpc) is 2.82. The second kappa shape index (κ2) is 7.02. The van der Waals surface area contributed by atoms with Crippen LogP contribution in [-0.4, -0.2) is 24.3 Å². The third kappa shape index (κ3) is 4.28. The summed E-state index contributed by atoms with van der Waals surface area (Å²) in [7, 11) is 0. The topological polar surface area (TPSA) is 72.5 Å². The van der Waals surface area contributed by atoms with Crippen molar-refractivity contribution in [1.82, 2.24) is 0 Å². The minimum atomic E-state index is -0.428. The normalized spacial score (nSPS) is 12.5. The van der Waals surface area contributed by atoms with Crippen LogP contribution in [0, 0.1) is 0 Å². The highest BCUT2D eigenvalue weighted by Gasteiger charge is 2.17. The molecular formula is C17H19NO4. The number of amides is 1. The van der Waals surface area contributed by atoms with Gasteiger partial charge in [-0.3, -0.25) is 9.59 Å². The molecule has 0 radical (unpaired) electrons. The Morgan fingerprint density at radius 1 is 1.36 bits per heavy atom. The van der Waals surface area contributed by atoms with Crippen LogP contribution in [-0.2, 0) is 32.0 Å². The highest BCUT2D eigenvalue weighted by Crippen LogP contribution is 2.24. The fraction of sp³-hybridized carbons (Fsp3) is 0.353. The predicted octanol–water partition coefficient (Wildman–Crippen LogP) is 2.19. The van der Waals surface area contributed by atoms with Crippen LogP contribution in [0.25, 0.3) is 0 Å². The van der Waals surface area contributed by atoms with Crippen LogP contribution < -0.4 is 5.32 Å². The SMILES string of the molecule is C=C(C)C(=O)OCCCC(=O)Cc1ccc2c(c1)CC(=O)N2. The van der Waals surface area contributed by atoms with Crippen LogP contribution in [0.1, 0.15) is 30.9 Å². The maximum Gasteiger partial charge on any atom is 0.333 e. The first-order valence-corrected chi connectivity index (χ1v) is 7.21. The Kier molecular flexibility index (Phi) is 5.09. The number of nitrogens with one attached hydrogen (secondary N) is 1. The quantitative estimate of drug-likeness (QED) is 0.476. The molecule has 0 aliphatic carbocycles. The Morgan fingerprint density at radius 3 is 2.86 bits per heavy atom. The van der Waals surface area contributed by atoms with Crippen LogP contribution in [0.3, 0.4) is 0 Å². The van der Waals surface area contributed by atoms with E-state index in [2.05, 4.69) is 11.9 Å². The number of anilines is 1. The van der Waals surface area contributed by atoms with Crippen molar-refractivity contribution in [3.63, 3.8) is 0 Å². The number of Topliss-reactive ketones (excluding diaryl/α,β-unsaturated/α-hetero) is 1. The summed E-state index contributed by atoms with van der Waals surface area (Å²) in [6.07, 6.45) is 1.56. The van der Waals surface area contributed by atoms with Crippen molar-refractivity contribution in [2.24, 2.45) is 0 Å². The zero-order valence-corrected chi connectivity index (χ0v) is 12.6. The first kappa shape index (κ1) is 15.9. The number of ether oxygens (including phenoxy) is 1. The number of carbonyl (C=O) groups excluding carboxylic acids is 3. The third-order valence-corrected chi connectivity index (χ3v) is 3.38. The molecular weight excluding hydrogens is 282 g/mol. The minimum Gasteiger partial charge on any atom is -0.462 e. The molecule has 0 saturated carbocycles. The van der Waals surface area contributed by atoms with E-state index in [0.717, 1.165) is 16.8 Å². The molecule has 0 atom stereocenters. The van der Waals surface area contributed by atoms with Gasteiger partial charge < -0.3 is 10.1 Å². The summed E-state index contributed by atoms with van der Waals surface area (Å²) in [5.41, 5.74) is 3.02. The minimum absolute atomic E-state index is 0.0159. The van der Waals surface area contributed by atoms with E-state index < -0.39 is 5.97 Å². The number of ketones is 1. The van der Waals surface area contributed by atoms with Crippen molar-refractivity contribution in [2.75, 3.05) is 11.9 Å². The van der Waals surface area contributed by atoms with E-state index in [-0.39, 0.29) is 18.3 Å². The summed E-state index contributed by atoms with van der Waals surface area (Å²) < 4.78 is 4.94. The fourth-order valence-corrected chi connectivity index (χ4v) is 2.27. The van der Waals surface area contributed by atoms with Crippen molar-refractivity contribution in [1.29, 1.82) is 0 Å². The Morgan fingerprint density at radius 2 is 2.14 bits per heavy atom. The van der Waals surface area contributed by atoms with Gasteiger partial charge in [-0.05, 0) is 30.5 Å². The van der Waals surface area contributed by atoms with Crippen LogP contribution >= 0.6 is 0 Å². The monoisotopic (exact) mass is 301 g/mol. The molecule has 1 N–H and O–H groups in total. The Labute approximate surface area is 129 Å². The molecule has 0 unspecified atom stereocenters. The second-order valence-electron chi connectivity index (χ2n) is 5.45. The Hall–Kier alpha value is -2.43. The lowest BCUT2D eigenvalue weighted by atomic mass is 10.0. The van der Waals surface area contributed by atoms with Gasteiger partial charge in [-0.15, -0.1) is 0 Å². The van der Waals surface area contributed by atoms with Gasteiger partial charge in [-0.25, -0.2) is 4.79 Å². The summed E-state index contributed by atoms with van der Waals surface area (Å²) >= 11 is 0. The van der Waals surface area contributed by atoms with E-state index in [1.807, 2.05) is 18.2 Å². The summed E-state index contributed by atoms with van der Waals surface area (Å²) in [5.74, 6) is -0.357. The number of carbonyl (C=O) groups is 3. The molecule has 0 spiro atoms. The van der Waals surface area contributed by atoms with Crippen LogP contribution in [0.2, 0.25) is 0 Å². The molecule has 1 heterocycles. The Bertz CT molecular complexity index is 634. The first-order valence-electron chi connectivity index (χ1n) is 7.21. The van der Waals surface area contributed by atoms with Crippen molar-refractivity contribution in [3.05, 3.63) is 41.5 Å². The largest absolute Gasteiger partial charge is 0.462 e. The number of benzene rings is 1. The van der Waals surface area contributed by atoms with Crippen LogP contribution in [0.4, 0.5) is 5.69 Å². The number of esters is 1. The smallest absolute Gasteiger partial charge is 0.333 e. The van der Waals surface area contributed by atoms with Crippen molar-refractivity contribution < 1.29 is 19.1 Å². The van der Waals surface area contributed by atoms with Crippen molar-refractivity contribution in [3.8, 4) is 0 Å². The van der Waals surface area contributed by atoms with Crippen LogP contribution in [0.5, 0.6) is 0 Å². The second-order valence-corrected chi connectivity index (χ2v) is 5.45. The van der Waals surface area contributed by atoms with Gasteiger partial charge in [-0.1, -0.05) is 18.7 Å².